The first-order valence-electron chi connectivity index (χ1n) is 33.5. The molecule has 0 bridgehead atoms. The second-order valence-electron chi connectivity index (χ2n) is 23.8. The highest BCUT2D eigenvalue weighted by Crippen LogP contribution is 2.18. The summed E-state index contributed by atoms with van der Waals surface area (Å²) in [7, 11) is 5.97. The number of rotatable bonds is 62. The van der Waals surface area contributed by atoms with Gasteiger partial charge in [0.1, 0.15) is 13.2 Å². The number of carboxylic acid groups (broad SMARTS) is 1. The number of quaternary nitrogens is 1. The van der Waals surface area contributed by atoms with Crippen molar-refractivity contribution >= 4 is 17.9 Å². The van der Waals surface area contributed by atoms with Gasteiger partial charge in [-0.25, -0.2) is 4.79 Å². The molecule has 0 aliphatic carbocycles. The summed E-state index contributed by atoms with van der Waals surface area (Å²) in [5, 5.41) is 9.72. The van der Waals surface area contributed by atoms with Crippen molar-refractivity contribution in [2.75, 3.05) is 47.5 Å². The van der Waals surface area contributed by atoms with Gasteiger partial charge in [0.05, 0.1) is 34.4 Å². The SMILES string of the molecule is CCCCC/C=C\C/C=C\C/C=C\CCCCCCCCC(=O)OC(COC(=O)CCCCCCCCCCCCCCCCCCCCCCCCC/C=C\C/C=C\CCCCCCC)COC(OCC[N+](C)(C)C)C(=O)O. The first-order valence-corrected chi connectivity index (χ1v) is 33.5. The lowest BCUT2D eigenvalue weighted by molar-refractivity contribution is -0.870. The number of hydrogen-bond donors (Lipinski definition) is 1. The van der Waals surface area contributed by atoms with Gasteiger partial charge in [-0.2, -0.15) is 0 Å². The van der Waals surface area contributed by atoms with Gasteiger partial charge in [0, 0.05) is 12.8 Å². The normalized spacial score (nSPS) is 13.1. The van der Waals surface area contributed by atoms with E-state index >= 15 is 0 Å². The maximum atomic E-state index is 12.9. The fraction of sp³-hybridized carbons (Fsp3) is 0.814. The van der Waals surface area contributed by atoms with Gasteiger partial charge in [0.15, 0.2) is 6.10 Å². The summed E-state index contributed by atoms with van der Waals surface area (Å²) in [6, 6.07) is 0. The molecule has 0 saturated carbocycles. The molecule has 1 N–H and O–H groups in total. The van der Waals surface area contributed by atoms with Gasteiger partial charge in [-0.3, -0.25) is 9.59 Å². The summed E-state index contributed by atoms with van der Waals surface area (Å²) >= 11 is 0. The number of ether oxygens (including phenoxy) is 4. The molecule has 0 aliphatic rings. The summed E-state index contributed by atoms with van der Waals surface area (Å²) in [6.45, 7) is 4.86. The lowest BCUT2D eigenvalue weighted by Crippen LogP contribution is -2.40. The van der Waals surface area contributed by atoms with E-state index in [0.717, 1.165) is 70.6 Å². The molecule has 79 heavy (non-hydrogen) atoms. The number of esters is 2. The molecule has 460 valence electrons. The van der Waals surface area contributed by atoms with Crippen LogP contribution in [0.2, 0.25) is 0 Å². The van der Waals surface area contributed by atoms with Crippen molar-refractivity contribution in [3.05, 3.63) is 60.8 Å². The highest BCUT2D eigenvalue weighted by Gasteiger charge is 2.25. The molecule has 0 aromatic carbocycles. The molecular weight excluding hydrogens is 983 g/mol. The zero-order valence-corrected chi connectivity index (χ0v) is 52.5. The molecule has 9 heteroatoms. The highest BCUT2D eigenvalue weighted by molar-refractivity contribution is 5.71. The van der Waals surface area contributed by atoms with Gasteiger partial charge in [-0.05, 0) is 83.5 Å². The Kier molecular flexibility index (Phi) is 58.7. The maximum Gasteiger partial charge on any atom is 0.361 e. The zero-order valence-electron chi connectivity index (χ0n) is 52.5. The average molecular weight is 1110 g/mol. The zero-order chi connectivity index (χ0) is 57.6. The van der Waals surface area contributed by atoms with Gasteiger partial charge in [0.2, 0.25) is 0 Å². The van der Waals surface area contributed by atoms with Crippen LogP contribution in [0.25, 0.3) is 0 Å². The van der Waals surface area contributed by atoms with Crippen LogP contribution in [-0.2, 0) is 33.3 Å². The average Bonchev–Trinajstić information content (AvgIpc) is 3.42. The molecule has 0 fully saturated rings. The van der Waals surface area contributed by atoms with E-state index in [1.165, 1.54) is 205 Å². The van der Waals surface area contributed by atoms with Gasteiger partial charge >= 0.3 is 17.9 Å². The molecule has 2 unspecified atom stereocenters. The molecule has 0 aromatic heterocycles. The Bertz CT molecular complexity index is 1480. The number of allylic oxidation sites excluding steroid dienone is 10. The lowest BCUT2D eigenvalue weighted by Gasteiger charge is -2.25. The second-order valence-corrected chi connectivity index (χ2v) is 23.8. The van der Waals surface area contributed by atoms with Crippen LogP contribution in [0.4, 0.5) is 0 Å². The number of hydrogen-bond acceptors (Lipinski definition) is 7. The monoisotopic (exact) mass is 1110 g/mol. The Balaban J connectivity index is 4.04. The Morgan fingerprint density at radius 1 is 0.380 bits per heavy atom. The van der Waals surface area contributed by atoms with Crippen LogP contribution in [-0.4, -0.2) is 87.4 Å². The number of carbonyl (C=O) groups excluding carboxylic acids is 2. The van der Waals surface area contributed by atoms with E-state index in [-0.39, 0.29) is 32.2 Å². The smallest absolute Gasteiger partial charge is 0.361 e. The number of nitrogens with zero attached hydrogens (tertiary/aromatic N) is 1. The van der Waals surface area contributed by atoms with E-state index in [0.29, 0.717) is 23.9 Å². The highest BCUT2D eigenvalue weighted by atomic mass is 16.7. The van der Waals surface area contributed by atoms with Crippen LogP contribution < -0.4 is 0 Å². The molecule has 0 spiro atoms. The van der Waals surface area contributed by atoms with E-state index in [4.69, 9.17) is 18.9 Å². The van der Waals surface area contributed by atoms with Crippen molar-refractivity contribution in [2.24, 2.45) is 0 Å². The van der Waals surface area contributed by atoms with Crippen LogP contribution in [0.5, 0.6) is 0 Å². The quantitative estimate of drug-likeness (QED) is 0.0211. The van der Waals surface area contributed by atoms with Gasteiger partial charge in [-0.15, -0.1) is 0 Å². The van der Waals surface area contributed by atoms with E-state index < -0.39 is 24.3 Å². The predicted molar refractivity (Wildman–Crippen MR) is 336 cm³/mol. The predicted octanol–water partition coefficient (Wildman–Crippen LogP) is 20.4. The van der Waals surface area contributed by atoms with Gasteiger partial charge in [0.25, 0.3) is 6.29 Å². The summed E-state index contributed by atoms with van der Waals surface area (Å²) < 4.78 is 22.9. The first kappa shape index (κ1) is 76.0. The minimum absolute atomic E-state index is 0.185. The minimum atomic E-state index is -1.51. The molecule has 0 saturated heterocycles. The van der Waals surface area contributed by atoms with E-state index in [1.54, 1.807) is 0 Å². The van der Waals surface area contributed by atoms with Crippen LogP contribution in [0.15, 0.2) is 60.8 Å². The fourth-order valence-corrected chi connectivity index (χ4v) is 9.58. The Morgan fingerprint density at radius 3 is 1.04 bits per heavy atom. The Morgan fingerprint density at radius 2 is 0.684 bits per heavy atom. The third-order valence-electron chi connectivity index (χ3n) is 14.7. The molecule has 0 aliphatic heterocycles. The lowest BCUT2D eigenvalue weighted by atomic mass is 10.0. The first-order chi connectivity index (χ1) is 38.6. The minimum Gasteiger partial charge on any atom is -0.477 e. The summed E-state index contributed by atoms with van der Waals surface area (Å²) in [6.07, 6.45) is 76.2. The number of carbonyl (C=O) groups is 3. The van der Waals surface area contributed by atoms with Crippen molar-refractivity contribution < 1.29 is 42.9 Å². The second kappa shape index (κ2) is 61.1. The van der Waals surface area contributed by atoms with E-state index in [2.05, 4.69) is 74.6 Å². The largest absolute Gasteiger partial charge is 0.477 e. The third-order valence-corrected chi connectivity index (χ3v) is 14.7. The van der Waals surface area contributed by atoms with Crippen molar-refractivity contribution in [1.29, 1.82) is 0 Å². The molecule has 0 radical (unpaired) electrons. The number of aliphatic carboxylic acids is 1. The molecular formula is C70H128NO8+. The number of likely N-dealkylation sites (N-methyl/N-ethyl adjacent to an activating group) is 1. The molecule has 0 rings (SSSR count). The van der Waals surface area contributed by atoms with Gasteiger partial charge in [-0.1, -0.05) is 274 Å². The van der Waals surface area contributed by atoms with E-state index in [1.807, 2.05) is 21.1 Å². The van der Waals surface area contributed by atoms with Crippen molar-refractivity contribution in [1.82, 2.24) is 0 Å². The fourth-order valence-electron chi connectivity index (χ4n) is 9.58. The molecule has 2 atom stereocenters. The van der Waals surface area contributed by atoms with Crippen LogP contribution in [0.1, 0.15) is 309 Å². The Hall–Kier alpha value is -3.01. The van der Waals surface area contributed by atoms with Gasteiger partial charge < -0.3 is 28.5 Å². The third kappa shape index (κ3) is 62.4. The van der Waals surface area contributed by atoms with Crippen LogP contribution in [0, 0.1) is 0 Å². The standard InChI is InChI=1S/C70H127NO8/c1-6-8-10-12-14-16-18-20-22-24-26-27-28-29-30-31-32-33-34-35-36-37-38-39-40-41-43-44-46-48-50-52-54-56-58-60-67(72)77-64-66(65-78-70(69(74)75)76-63-62-71(3,4)5)79-68(73)61-59-57-55-53-51-49-47-45-42-25-23-21-19-17-15-13-11-9-7-2/h15,17-18,20-21,23-24,26,42,45,66,70H,6-14,16,19,22,25,27-41,43-44,46-65H2,1-5H3/p+1/b17-15-,20-18-,23-21-,26-24-,45-42-. The van der Waals surface area contributed by atoms with Crippen molar-refractivity contribution in [2.45, 2.75) is 322 Å². The summed E-state index contributed by atoms with van der Waals surface area (Å²) in [5.41, 5.74) is 0. The molecule has 9 nitrogen and oxygen atoms in total. The number of carboxylic acids is 1. The summed E-state index contributed by atoms with van der Waals surface area (Å²) in [5.74, 6) is -2.01. The molecule has 0 aromatic rings. The van der Waals surface area contributed by atoms with E-state index in [9.17, 15) is 19.5 Å². The maximum absolute atomic E-state index is 12.9. The Labute approximate surface area is 488 Å². The number of unbranched alkanes of at least 4 members (excludes halogenated alkanes) is 37. The van der Waals surface area contributed by atoms with Crippen molar-refractivity contribution in [3.63, 3.8) is 0 Å². The molecule has 0 heterocycles. The van der Waals surface area contributed by atoms with Crippen molar-refractivity contribution in [3.8, 4) is 0 Å². The topological polar surface area (TPSA) is 108 Å². The van der Waals surface area contributed by atoms with Crippen LogP contribution >= 0.6 is 0 Å². The summed E-state index contributed by atoms with van der Waals surface area (Å²) in [4.78, 5) is 37.5. The van der Waals surface area contributed by atoms with Crippen LogP contribution in [0.3, 0.4) is 0 Å². The molecule has 0 amide bonds.